The van der Waals surface area contributed by atoms with Gasteiger partial charge in [-0.1, -0.05) is 30.3 Å². The van der Waals surface area contributed by atoms with Crippen molar-refractivity contribution in [3.05, 3.63) is 84.4 Å². The normalized spacial score (nSPS) is 18.2. The summed E-state index contributed by atoms with van der Waals surface area (Å²) in [4.78, 5) is 36.0. The van der Waals surface area contributed by atoms with Crippen molar-refractivity contribution in [2.75, 3.05) is 26.2 Å². The van der Waals surface area contributed by atoms with Gasteiger partial charge in [0.05, 0.1) is 13.2 Å². The average Bonchev–Trinajstić information content (AvgIpc) is 2.85. The fourth-order valence-corrected chi connectivity index (χ4v) is 3.94. The summed E-state index contributed by atoms with van der Waals surface area (Å²) in [6.07, 6.45) is 5.48. The zero-order chi connectivity index (χ0) is 22.4. The van der Waals surface area contributed by atoms with Crippen LogP contribution in [0.3, 0.4) is 0 Å². The third-order valence-electron chi connectivity index (χ3n) is 5.57. The highest BCUT2D eigenvalue weighted by molar-refractivity contribution is 5.93. The van der Waals surface area contributed by atoms with Gasteiger partial charge in [0, 0.05) is 38.1 Å². The van der Waals surface area contributed by atoms with Crippen LogP contribution in [0.25, 0.3) is 11.1 Å². The number of rotatable bonds is 6. The maximum Gasteiger partial charge on any atom is 0.272 e. The summed E-state index contributed by atoms with van der Waals surface area (Å²) in [6.45, 7) is 3.22. The Balaban J connectivity index is 1.57. The van der Waals surface area contributed by atoms with Crippen LogP contribution in [0.4, 0.5) is 0 Å². The summed E-state index contributed by atoms with van der Waals surface area (Å²) in [5.74, 6) is -0.410. The van der Waals surface area contributed by atoms with E-state index in [0.717, 1.165) is 16.7 Å². The Morgan fingerprint density at radius 2 is 1.78 bits per heavy atom. The van der Waals surface area contributed by atoms with Gasteiger partial charge in [0.2, 0.25) is 0 Å². The first kappa shape index (κ1) is 21.6. The van der Waals surface area contributed by atoms with E-state index in [2.05, 4.69) is 15.3 Å². The van der Waals surface area contributed by atoms with Gasteiger partial charge in [-0.15, -0.1) is 0 Å². The molecule has 3 aromatic rings. The van der Waals surface area contributed by atoms with Gasteiger partial charge >= 0.3 is 0 Å². The zero-order valence-electron chi connectivity index (χ0n) is 18.0. The molecule has 1 N–H and O–H groups in total. The van der Waals surface area contributed by atoms with E-state index < -0.39 is 5.60 Å². The first-order chi connectivity index (χ1) is 15.6. The van der Waals surface area contributed by atoms with E-state index in [1.54, 1.807) is 41.7 Å². The molecule has 7 nitrogen and oxygen atoms in total. The Morgan fingerprint density at radius 3 is 2.47 bits per heavy atom. The van der Waals surface area contributed by atoms with Crippen molar-refractivity contribution in [1.29, 1.82) is 0 Å². The lowest BCUT2D eigenvalue weighted by atomic mass is 9.90. The highest BCUT2D eigenvalue weighted by Crippen LogP contribution is 2.27. The summed E-state index contributed by atoms with van der Waals surface area (Å²) in [7, 11) is 0. The molecular formula is C25H26N4O3. The molecule has 2 amide bonds. The Morgan fingerprint density at radius 1 is 1.03 bits per heavy atom. The molecule has 0 spiro atoms. The minimum atomic E-state index is -1.16. The van der Waals surface area contributed by atoms with Gasteiger partial charge in [-0.2, -0.15) is 0 Å². The number of carbonyl (C=O) groups is 2. The van der Waals surface area contributed by atoms with E-state index in [9.17, 15) is 9.59 Å². The molecule has 2 aromatic heterocycles. The molecule has 7 heteroatoms. The van der Waals surface area contributed by atoms with Crippen LogP contribution in [0, 0.1) is 0 Å². The molecule has 1 saturated heterocycles. The van der Waals surface area contributed by atoms with Gasteiger partial charge in [0.25, 0.3) is 11.8 Å². The van der Waals surface area contributed by atoms with Gasteiger partial charge in [-0.3, -0.25) is 19.6 Å². The van der Waals surface area contributed by atoms with Gasteiger partial charge in [-0.05, 0) is 47.9 Å². The Kier molecular flexibility index (Phi) is 6.56. The van der Waals surface area contributed by atoms with Crippen molar-refractivity contribution < 1.29 is 14.3 Å². The second kappa shape index (κ2) is 9.70. The fraction of sp³-hybridized carbons (Fsp3) is 0.280. The lowest BCUT2D eigenvalue weighted by Crippen LogP contribution is -2.62. The molecule has 0 saturated carbocycles. The van der Waals surface area contributed by atoms with Gasteiger partial charge in [0.1, 0.15) is 5.69 Å². The van der Waals surface area contributed by atoms with Crippen molar-refractivity contribution in [3.63, 3.8) is 0 Å². The zero-order valence-corrected chi connectivity index (χ0v) is 18.0. The quantitative estimate of drug-likeness (QED) is 0.650. The fourth-order valence-electron chi connectivity index (χ4n) is 3.94. The number of amides is 2. The molecule has 0 unspecified atom stereocenters. The maximum absolute atomic E-state index is 13.1. The monoisotopic (exact) mass is 430 g/mol. The molecule has 1 aliphatic rings. The van der Waals surface area contributed by atoms with Crippen LogP contribution in [0.5, 0.6) is 0 Å². The first-order valence-electron chi connectivity index (χ1n) is 10.7. The third kappa shape index (κ3) is 4.68. The molecule has 0 radical (unpaired) electrons. The Labute approximate surface area is 187 Å². The lowest BCUT2D eigenvalue weighted by Gasteiger charge is -2.41. The minimum Gasteiger partial charge on any atom is -0.361 e. The molecule has 1 aromatic carbocycles. The molecule has 0 bridgehead atoms. The third-order valence-corrected chi connectivity index (χ3v) is 5.57. The number of nitrogens with zero attached hydrogens (tertiary/aromatic N) is 3. The summed E-state index contributed by atoms with van der Waals surface area (Å²) in [5.41, 5.74) is 2.31. The van der Waals surface area contributed by atoms with Crippen LogP contribution in [0.2, 0.25) is 0 Å². The predicted molar refractivity (Wildman–Crippen MR) is 121 cm³/mol. The average molecular weight is 431 g/mol. The molecule has 1 fully saturated rings. The number of nitrogens with one attached hydrogen (secondary N) is 1. The van der Waals surface area contributed by atoms with E-state index in [4.69, 9.17) is 4.74 Å². The topological polar surface area (TPSA) is 84.4 Å². The number of aromatic nitrogens is 2. The number of hydrogen-bond donors (Lipinski definition) is 1. The van der Waals surface area contributed by atoms with Crippen LogP contribution in [0.1, 0.15) is 23.0 Å². The summed E-state index contributed by atoms with van der Waals surface area (Å²) < 4.78 is 6.08. The van der Waals surface area contributed by atoms with Gasteiger partial charge in [0.15, 0.2) is 5.60 Å². The number of carbonyl (C=O) groups excluding carboxylic acids is 2. The van der Waals surface area contributed by atoms with Gasteiger partial charge in [-0.25, -0.2) is 0 Å². The Hall–Kier alpha value is -3.58. The highest BCUT2D eigenvalue weighted by Gasteiger charge is 2.45. The largest absolute Gasteiger partial charge is 0.361 e. The molecule has 164 valence electrons. The van der Waals surface area contributed by atoms with E-state index in [0.29, 0.717) is 25.2 Å². The number of morpholine rings is 1. The SMILES string of the molecule is CCNC(=O)[C@]1(Cc2ccc(-c3ccncc3)cc2)CN(C(=O)c2ccccn2)CCO1. The second-order valence-electron chi connectivity index (χ2n) is 7.75. The number of benzene rings is 1. The van der Waals surface area contributed by atoms with E-state index in [1.165, 1.54) is 0 Å². The summed E-state index contributed by atoms with van der Waals surface area (Å²) in [6, 6.07) is 17.2. The number of likely N-dealkylation sites (N-methyl/N-ethyl adjacent to an activating group) is 1. The standard InChI is InChI=1S/C25H26N4O3/c1-2-27-24(31)25(17-19-6-8-20(9-7-19)21-10-13-26-14-11-21)18-29(15-16-32-25)23(30)22-5-3-4-12-28-22/h3-14H,2,15-18H2,1H3,(H,27,31)/t25-/m0/s1. The molecule has 0 aliphatic carbocycles. The number of pyridine rings is 2. The summed E-state index contributed by atoms with van der Waals surface area (Å²) in [5, 5.41) is 2.89. The van der Waals surface area contributed by atoms with E-state index in [1.807, 2.05) is 43.3 Å². The van der Waals surface area contributed by atoms with Crippen LogP contribution in [-0.2, 0) is 16.0 Å². The summed E-state index contributed by atoms with van der Waals surface area (Å²) >= 11 is 0. The molecule has 3 heterocycles. The molecule has 1 atom stereocenters. The van der Waals surface area contributed by atoms with E-state index in [-0.39, 0.29) is 25.0 Å². The van der Waals surface area contributed by atoms with Crippen molar-refractivity contribution in [2.45, 2.75) is 18.9 Å². The number of hydrogen-bond acceptors (Lipinski definition) is 5. The maximum atomic E-state index is 13.1. The molecule has 1 aliphatic heterocycles. The van der Waals surface area contributed by atoms with Crippen LogP contribution >= 0.6 is 0 Å². The second-order valence-corrected chi connectivity index (χ2v) is 7.75. The smallest absolute Gasteiger partial charge is 0.272 e. The van der Waals surface area contributed by atoms with Crippen LogP contribution < -0.4 is 5.32 Å². The molecular weight excluding hydrogens is 404 g/mol. The first-order valence-corrected chi connectivity index (χ1v) is 10.7. The minimum absolute atomic E-state index is 0.167. The van der Waals surface area contributed by atoms with Crippen molar-refractivity contribution in [1.82, 2.24) is 20.2 Å². The predicted octanol–water partition coefficient (Wildman–Crippen LogP) is 2.73. The van der Waals surface area contributed by atoms with E-state index >= 15 is 0 Å². The van der Waals surface area contributed by atoms with Crippen LogP contribution in [0.15, 0.2) is 73.2 Å². The van der Waals surface area contributed by atoms with Crippen molar-refractivity contribution in [2.24, 2.45) is 0 Å². The van der Waals surface area contributed by atoms with Crippen molar-refractivity contribution >= 4 is 11.8 Å². The highest BCUT2D eigenvalue weighted by atomic mass is 16.5. The molecule has 32 heavy (non-hydrogen) atoms. The van der Waals surface area contributed by atoms with Gasteiger partial charge < -0.3 is 15.0 Å². The lowest BCUT2D eigenvalue weighted by molar-refractivity contribution is -0.157. The molecule has 4 rings (SSSR count). The Bertz CT molecular complexity index is 1060. The number of ether oxygens (including phenoxy) is 1. The van der Waals surface area contributed by atoms with Crippen LogP contribution in [-0.4, -0.2) is 58.5 Å². The van der Waals surface area contributed by atoms with Crippen molar-refractivity contribution in [3.8, 4) is 11.1 Å².